The van der Waals surface area contributed by atoms with Gasteiger partial charge in [0, 0.05) is 7.05 Å². The van der Waals surface area contributed by atoms with Gasteiger partial charge in [-0.05, 0) is 19.2 Å². The van der Waals surface area contributed by atoms with Crippen molar-refractivity contribution in [3.63, 3.8) is 0 Å². The van der Waals surface area contributed by atoms with Crippen LogP contribution in [0, 0.1) is 0 Å². The number of aromatic carboxylic acids is 1. The van der Waals surface area contributed by atoms with E-state index in [0.717, 1.165) is 6.07 Å². The van der Waals surface area contributed by atoms with Crippen molar-refractivity contribution in [2.24, 2.45) is 0 Å². The average molecular weight is 259 g/mol. The van der Waals surface area contributed by atoms with Gasteiger partial charge in [-0.25, -0.2) is 17.9 Å². The molecule has 0 atom stereocenters. The first-order valence-corrected chi connectivity index (χ1v) is 6.10. The number of carboxylic acids is 1. The smallest absolute Gasteiger partial charge is 0.335 e. The molecular weight excluding hydrogens is 246 g/mol. The molecule has 0 fully saturated rings. The van der Waals surface area contributed by atoms with E-state index >= 15 is 0 Å². The maximum Gasteiger partial charge on any atom is 0.335 e. The number of rotatable bonds is 4. The molecule has 1 aromatic carbocycles. The third kappa shape index (κ3) is 2.48. The highest BCUT2D eigenvalue weighted by Crippen LogP contribution is 2.29. The summed E-state index contributed by atoms with van der Waals surface area (Å²) in [7, 11) is -1.04. The molecule has 1 aromatic rings. The summed E-state index contributed by atoms with van der Waals surface area (Å²) < 4.78 is 25.5. The highest BCUT2D eigenvalue weighted by Gasteiger charge is 2.21. The van der Waals surface area contributed by atoms with Gasteiger partial charge in [-0.2, -0.15) is 0 Å². The molecule has 0 saturated carbocycles. The van der Waals surface area contributed by atoms with Gasteiger partial charge in [-0.15, -0.1) is 0 Å². The van der Waals surface area contributed by atoms with Gasteiger partial charge < -0.3 is 16.2 Å². The summed E-state index contributed by atoms with van der Waals surface area (Å²) in [5.41, 5.74) is 5.65. The number of nitrogens with one attached hydrogen (secondary N) is 2. The monoisotopic (exact) mass is 259 g/mol. The maximum absolute atomic E-state index is 11.7. The van der Waals surface area contributed by atoms with Crippen LogP contribution >= 0.6 is 0 Å². The molecule has 0 bridgehead atoms. The SMILES string of the molecule is CNc1c(N)cc(C(=O)O)cc1S(=O)(=O)NC. The topological polar surface area (TPSA) is 122 Å². The van der Waals surface area contributed by atoms with Crippen LogP contribution in [0.1, 0.15) is 10.4 Å². The number of nitrogens with two attached hydrogens (primary N) is 1. The molecule has 0 unspecified atom stereocenters. The molecule has 0 aliphatic carbocycles. The number of hydrogen-bond acceptors (Lipinski definition) is 5. The van der Waals surface area contributed by atoms with Crippen molar-refractivity contribution >= 4 is 27.4 Å². The maximum atomic E-state index is 11.7. The zero-order chi connectivity index (χ0) is 13.2. The van der Waals surface area contributed by atoms with Gasteiger partial charge in [0.25, 0.3) is 0 Å². The first-order chi connectivity index (χ1) is 7.83. The van der Waals surface area contributed by atoms with Gasteiger partial charge in [-0.3, -0.25) is 0 Å². The Hall–Kier alpha value is -1.80. The van der Waals surface area contributed by atoms with Crippen molar-refractivity contribution in [1.82, 2.24) is 4.72 Å². The number of carboxylic acid groups (broad SMARTS) is 1. The van der Waals surface area contributed by atoms with E-state index in [4.69, 9.17) is 10.8 Å². The summed E-state index contributed by atoms with van der Waals surface area (Å²) in [6.45, 7) is 0. The second-order valence-electron chi connectivity index (χ2n) is 3.20. The van der Waals surface area contributed by atoms with E-state index in [2.05, 4.69) is 10.0 Å². The number of nitrogen functional groups attached to an aromatic ring is 1. The van der Waals surface area contributed by atoms with Gasteiger partial charge >= 0.3 is 5.97 Å². The molecular formula is C9H13N3O4S. The van der Waals surface area contributed by atoms with Crippen LogP contribution in [0.4, 0.5) is 11.4 Å². The van der Waals surface area contributed by atoms with Gasteiger partial charge in [-0.1, -0.05) is 0 Å². The molecule has 1 rings (SSSR count). The molecule has 0 radical (unpaired) electrons. The molecule has 0 aliphatic heterocycles. The molecule has 94 valence electrons. The van der Waals surface area contributed by atoms with Crippen molar-refractivity contribution in [2.45, 2.75) is 4.90 Å². The van der Waals surface area contributed by atoms with E-state index in [-0.39, 0.29) is 21.8 Å². The molecule has 7 nitrogen and oxygen atoms in total. The highest BCUT2D eigenvalue weighted by molar-refractivity contribution is 7.89. The summed E-state index contributed by atoms with van der Waals surface area (Å²) in [6, 6.07) is 2.25. The Bertz CT molecular complexity index is 554. The lowest BCUT2D eigenvalue weighted by atomic mass is 10.1. The Balaban J connectivity index is 3.62. The zero-order valence-corrected chi connectivity index (χ0v) is 10.1. The van der Waals surface area contributed by atoms with Crippen LogP contribution in [0.5, 0.6) is 0 Å². The normalized spacial score (nSPS) is 11.2. The summed E-state index contributed by atoms with van der Waals surface area (Å²) in [6.07, 6.45) is 0. The number of sulfonamides is 1. The summed E-state index contributed by atoms with van der Waals surface area (Å²) in [5.74, 6) is -1.24. The average Bonchev–Trinajstić information content (AvgIpc) is 2.27. The van der Waals surface area contributed by atoms with E-state index in [1.807, 2.05) is 0 Å². The fourth-order valence-corrected chi connectivity index (χ4v) is 2.34. The second kappa shape index (κ2) is 4.60. The van der Waals surface area contributed by atoms with E-state index < -0.39 is 16.0 Å². The largest absolute Gasteiger partial charge is 0.478 e. The van der Waals surface area contributed by atoms with E-state index in [1.54, 1.807) is 0 Å². The predicted molar refractivity (Wildman–Crippen MR) is 63.6 cm³/mol. The molecule has 8 heteroatoms. The third-order valence-electron chi connectivity index (χ3n) is 2.19. The molecule has 17 heavy (non-hydrogen) atoms. The first-order valence-electron chi connectivity index (χ1n) is 4.61. The molecule has 0 aliphatic rings. The Morgan fingerprint density at radius 1 is 1.35 bits per heavy atom. The zero-order valence-electron chi connectivity index (χ0n) is 9.31. The van der Waals surface area contributed by atoms with Crippen molar-refractivity contribution in [3.8, 4) is 0 Å². The van der Waals surface area contributed by atoms with Crippen LogP contribution in [0.15, 0.2) is 17.0 Å². The van der Waals surface area contributed by atoms with Crippen molar-refractivity contribution in [2.75, 3.05) is 25.1 Å². The summed E-state index contributed by atoms with van der Waals surface area (Å²) in [4.78, 5) is 10.6. The van der Waals surface area contributed by atoms with E-state index in [9.17, 15) is 13.2 Å². The van der Waals surface area contributed by atoms with Crippen molar-refractivity contribution in [3.05, 3.63) is 17.7 Å². The summed E-state index contributed by atoms with van der Waals surface area (Å²) in [5, 5.41) is 11.5. The number of anilines is 2. The van der Waals surface area contributed by atoms with Gasteiger partial charge in [0.1, 0.15) is 4.90 Å². The molecule has 0 aromatic heterocycles. The molecule has 0 spiro atoms. The fourth-order valence-electron chi connectivity index (χ4n) is 1.35. The minimum Gasteiger partial charge on any atom is -0.478 e. The predicted octanol–water partition coefficient (Wildman–Crippen LogP) is -0.0832. The van der Waals surface area contributed by atoms with Gasteiger partial charge in [0.2, 0.25) is 10.0 Å². The van der Waals surface area contributed by atoms with Crippen molar-refractivity contribution in [1.29, 1.82) is 0 Å². The number of carbonyl (C=O) groups is 1. The molecule has 0 heterocycles. The van der Waals surface area contributed by atoms with Crippen molar-refractivity contribution < 1.29 is 18.3 Å². The Kier molecular flexibility index (Phi) is 3.59. The Labute approximate surface area is 98.7 Å². The van der Waals surface area contributed by atoms with Crippen LogP contribution in [0.25, 0.3) is 0 Å². The lowest BCUT2D eigenvalue weighted by Gasteiger charge is -2.13. The van der Waals surface area contributed by atoms with Gasteiger partial charge in [0.05, 0.1) is 16.9 Å². The lowest BCUT2D eigenvalue weighted by Crippen LogP contribution is -2.21. The lowest BCUT2D eigenvalue weighted by molar-refractivity contribution is 0.0696. The van der Waals surface area contributed by atoms with E-state index in [0.29, 0.717) is 0 Å². The fraction of sp³-hybridized carbons (Fsp3) is 0.222. The molecule has 0 saturated heterocycles. The van der Waals surface area contributed by atoms with Crippen LogP contribution < -0.4 is 15.8 Å². The van der Waals surface area contributed by atoms with Crippen LogP contribution in [-0.4, -0.2) is 33.6 Å². The summed E-state index contributed by atoms with van der Waals surface area (Å²) >= 11 is 0. The second-order valence-corrected chi connectivity index (χ2v) is 5.06. The van der Waals surface area contributed by atoms with Crippen LogP contribution in [0.2, 0.25) is 0 Å². The minimum absolute atomic E-state index is 0.0567. The Morgan fingerprint density at radius 3 is 2.35 bits per heavy atom. The molecule has 5 N–H and O–H groups in total. The highest BCUT2D eigenvalue weighted by atomic mass is 32.2. The van der Waals surface area contributed by atoms with Crippen LogP contribution in [0.3, 0.4) is 0 Å². The standard InChI is InChI=1S/C9H13N3O4S/c1-11-8-6(10)3-5(9(13)14)4-7(8)17(15,16)12-2/h3-4,11-12H,10H2,1-2H3,(H,13,14). The van der Waals surface area contributed by atoms with Gasteiger partial charge in [0.15, 0.2) is 0 Å². The minimum atomic E-state index is -3.78. The quantitative estimate of drug-likeness (QED) is 0.561. The number of hydrogen-bond donors (Lipinski definition) is 4. The third-order valence-corrected chi connectivity index (χ3v) is 3.63. The van der Waals surface area contributed by atoms with Crippen LogP contribution in [-0.2, 0) is 10.0 Å². The Morgan fingerprint density at radius 2 is 1.94 bits per heavy atom. The molecule has 0 amide bonds. The van der Waals surface area contributed by atoms with E-state index in [1.165, 1.54) is 20.2 Å². The first kappa shape index (κ1) is 13.3. The number of benzene rings is 1.